The largest absolute Gasteiger partial charge is 0.497 e. The molecule has 0 bridgehead atoms. The fraction of sp³-hybridized carbons (Fsp3) is 0.118. The number of aromatic nitrogens is 1. The first-order chi connectivity index (χ1) is 10.3. The normalized spacial score (nSPS) is 10.5. The summed E-state index contributed by atoms with van der Waals surface area (Å²) in [4.78, 5) is 15.4. The highest BCUT2D eigenvalue weighted by Gasteiger charge is 2.12. The van der Waals surface area contributed by atoms with Gasteiger partial charge in [-0.05, 0) is 23.8 Å². The van der Waals surface area contributed by atoms with Crippen LogP contribution < -0.4 is 10.1 Å². The third-order valence-corrected chi connectivity index (χ3v) is 3.43. The van der Waals surface area contributed by atoms with Crippen LogP contribution in [0, 0.1) is 0 Å². The molecule has 1 amide bonds. The topological polar surface area (TPSA) is 54.1 Å². The fourth-order valence-corrected chi connectivity index (χ4v) is 2.29. The molecule has 2 aromatic carbocycles. The lowest BCUT2D eigenvalue weighted by Crippen LogP contribution is -2.22. The van der Waals surface area contributed by atoms with E-state index in [2.05, 4.69) is 10.3 Å². The van der Waals surface area contributed by atoms with Gasteiger partial charge in [0.25, 0.3) is 5.91 Å². The van der Waals surface area contributed by atoms with Gasteiger partial charge in [0.2, 0.25) is 0 Å². The maximum Gasteiger partial charge on any atom is 0.253 e. The van der Waals surface area contributed by atoms with Gasteiger partial charge in [0, 0.05) is 23.6 Å². The Labute approximate surface area is 122 Å². The van der Waals surface area contributed by atoms with E-state index in [0.717, 1.165) is 22.2 Å². The molecular formula is C17H16N2O2. The molecule has 1 heterocycles. The van der Waals surface area contributed by atoms with Crippen molar-refractivity contribution in [1.29, 1.82) is 0 Å². The number of nitrogens with one attached hydrogen (secondary N) is 2. The molecule has 1 aromatic heterocycles. The number of carbonyl (C=O) groups excluding carboxylic acids is 1. The molecule has 2 N–H and O–H groups in total. The van der Waals surface area contributed by atoms with Crippen LogP contribution in [0.5, 0.6) is 5.75 Å². The average Bonchev–Trinajstić information content (AvgIpc) is 2.96. The number of methoxy groups -OCH3 is 1. The van der Waals surface area contributed by atoms with Gasteiger partial charge < -0.3 is 15.0 Å². The smallest absolute Gasteiger partial charge is 0.253 e. The molecule has 0 radical (unpaired) electrons. The number of H-pyrrole nitrogens is 1. The molecule has 106 valence electrons. The van der Waals surface area contributed by atoms with Crippen LogP contribution in [0.2, 0.25) is 0 Å². The van der Waals surface area contributed by atoms with E-state index in [0.29, 0.717) is 12.1 Å². The first-order valence-corrected chi connectivity index (χ1v) is 6.75. The standard InChI is InChI=1S/C17H16N2O2/c1-21-13-7-8-16-14(9-13)15(11-18-16)17(20)19-10-12-5-3-2-4-6-12/h2-9,11,18H,10H2,1H3,(H,19,20). The van der Waals surface area contributed by atoms with Crippen molar-refractivity contribution in [3.8, 4) is 5.75 Å². The average molecular weight is 280 g/mol. The van der Waals surface area contributed by atoms with Gasteiger partial charge in [0.1, 0.15) is 5.75 Å². The predicted molar refractivity (Wildman–Crippen MR) is 82.5 cm³/mol. The molecule has 0 aliphatic rings. The Morgan fingerprint density at radius 1 is 1.19 bits per heavy atom. The van der Waals surface area contributed by atoms with Crippen molar-refractivity contribution in [2.24, 2.45) is 0 Å². The van der Waals surface area contributed by atoms with E-state index in [-0.39, 0.29) is 5.91 Å². The third-order valence-electron chi connectivity index (χ3n) is 3.43. The van der Waals surface area contributed by atoms with E-state index in [1.54, 1.807) is 13.3 Å². The molecule has 0 spiro atoms. The van der Waals surface area contributed by atoms with Crippen LogP contribution >= 0.6 is 0 Å². The van der Waals surface area contributed by atoms with Gasteiger partial charge in [-0.2, -0.15) is 0 Å². The highest BCUT2D eigenvalue weighted by molar-refractivity contribution is 6.07. The molecule has 3 aromatic rings. The summed E-state index contributed by atoms with van der Waals surface area (Å²) >= 11 is 0. The quantitative estimate of drug-likeness (QED) is 0.771. The summed E-state index contributed by atoms with van der Waals surface area (Å²) in [5, 5.41) is 3.79. The zero-order valence-electron chi connectivity index (χ0n) is 11.7. The highest BCUT2D eigenvalue weighted by Crippen LogP contribution is 2.23. The van der Waals surface area contributed by atoms with Crippen LogP contribution in [-0.4, -0.2) is 18.0 Å². The molecule has 0 atom stereocenters. The Morgan fingerprint density at radius 2 is 2.00 bits per heavy atom. The van der Waals surface area contributed by atoms with Gasteiger partial charge in [0.05, 0.1) is 12.7 Å². The number of hydrogen-bond acceptors (Lipinski definition) is 2. The molecule has 0 aliphatic carbocycles. The van der Waals surface area contributed by atoms with Gasteiger partial charge in [0.15, 0.2) is 0 Å². The number of aromatic amines is 1. The minimum absolute atomic E-state index is 0.0987. The Hall–Kier alpha value is -2.75. The molecule has 4 heteroatoms. The number of fused-ring (bicyclic) bond motifs is 1. The van der Waals surface area contributed by atoms with E-state index in [9.17, 15) is 4.79 Å². The molecular weight excluding hydrogens is 264 g/mol. The van der Waals surface area contributed by atoms with Crippen molar-refractivity contribution in [3.05, 3.63) is 65.9 Å². The SMILES string of the molecule is COc1ccc2[nH]cc(C(=O)NCc3ccccc3)c2c1. The van der Waals surface area contributed by atoms with Gasteiger partial charge in [-0.3, -0.25) is 4.79 Å². The summed E-state index contributed by atoms with van der Waals surface area (Å²) in [6, 6.07) is 15.5. The molecule has 21 heavy (non-hydrogen) atoms. The number of hydrogen-bond donors (Lipinski definition) is 2. The molecule has 0 aliphatic heterocycles. The Morgan fingerprint density at radius 3 is 2.76 bits per heavy atom. The maximum absolute atomic E-state index is 12.3. The zero-order valence-corrected chi connectivity index (χ0v) is 11.7. The molecule has 0 saturated heterocycles. The van der Waals surface area contributed by atoms with Crippen molar-refractivity contribution < 1.29 is 9.53 Å². The van der Waals surface area contributed by atoms with Crippen LogP contribution in [0.25, 0.3) is 10.9 Å². The van der Waals surface area contributed by atoms with Crippen LogP contribution in [0.3, 0.4) is 0 Å². The second-order valence-electron chi connectivity index (χ2n) is 4.78. The predicted octanol–water partition coefficient (Wildman–Crippen LogP) is 3.11. The summed E-state index contributed by atoms with van der Waals surface area (Å²) in [5.74, 6) is 0.637. The second kappa shape index (κ2) is 5.71. The first kappa shape index (κ1) is 13.2. The van der Waals surface area contributed by atoms with Crippen LogP contribution in [0.1, 0.15) is 15.9 Å². The zero-order chi connectivity index (χ0) is 14.7. The van der Waals surface area contributed by atoms with Crippen LogP contribution in [0.4, 0.5) is 0 Å². The van der Waals surface area contributed by atoms with Crippen LogP contribution in [-0.2, 0) is 6.54 Å². The lowest BCUT2D eigenvalue weighted by atomic mass is 10.1. The Kier molecular flexibility index (Phi) is 3.60. The molecule has 0 saturated carbocycles. The molecule has 4 nitrogen and oxygen atoms in total. The number of amides is 1. The monoisotopic (exact) mass is 280 g/mol. The maximum atomic E-state index is 12.3. The van der Waals surface area contributed by atoms with E-state index in [1.807, 2.05) is 48.5 Å². The van der Waals surface area contributed by atoms with E-state index in [1.165, 1.54) is 0 Å². The van der Waals surface area contributed by atoms with Crippen molar-refractivity contribution in [2.75, 3.05) is 7.11 Å². The van der Waals surface area contributed by atoms with Crippen molar-refractivity contribution in [1.82, 2.24) is 10.3 Å². The van der Waals surface area contributed by atoms with Gasteiger partial charge in [-0.15, -0.1) is 0 Å². The number of carbonyl (C=O) groups is 1. The Balaban J connectivity index is 1.81. The second-order valence-corrected chi connectivity index (χ2v) is 4.78. The summed E-state index contributed by atoms with van der Waals surface area (Å²) in [5.41, 5.74) is 2.61. The number of rotatable bonds is 4. The molecule has 3 rings (SSSR count). The molecule has 0 fully saturated rings. The summed E-state index contributed by atoms with van der Waals surface area (Å²) in [6.07, 6.45) is 1.73. The van der Waals surface area contributed by atoms with Gasteiger partial charge in [-0.25, -0.2) is 0 Å². The van der Waals surface area contributed by atoms with Crippen molar-refractivity contribution in [3.63, 3.8) is 0 Å². The van der Waals surface area contributed by atoms with E-state index >= 15 is 0 Å². The van der Waals surface area contributed by atoms with E-state index < -0.39 is 0 Å². The first-order valence-electron chi connectivity index (χ1n) is 6.75. The van der Waals surface area contributed by atoms with E-state index in [4.69, 9.17) is 4.74 Å². The lowest BCUT2D eigenvalue weighted by molar-refractivity contribution is 0.0952. The number of benzene rings is 2. The van der Waals surface area contributed by atoms with Crippen LogP contribution in [0.15, 0.2) is 54.7 Å². The summed E-state index contributed by atoms with van der Waals surface area (Å²) in [6.45, 7) is 0.510. The minimum Gasteiger partial charge on any atom is -0.497 e. The lowest BCUT2D eigenvalue weighted by Gasteiger charge is -2.05. The van der Waals surface area contributed by atoms with Crippen molar-refractivity contribution >= 4 is 16.8 Å². The summed E-state index contributed by atoms with van der Waals surface area (Å²) in [7, 11) is 1.61. The van der Waals surface area contributed by atoms with Crippen molar-refractivity contribution in [2.45, 2.75) is 6.54 Å². The summed E-state index contributed by atoms with van der Waals surface area (Å²) < 4.78 is 5.21. The Bertz CT molecular complexity index is 763. The number of ether oxygens (including phenoxy) is 1. The van der Waals surface area contributed by atoms with Gasteiger partial charge >= 0.3 is 0 Å². The molecule has 0 unspecified atom stereocenters. The van der Waals surface area contributed by atoms with Gasteiger partial charge in [-0.1, -0.05) is 30.3 Å². The fourth-order valence-electron chi connectivity index (χ4n) is 2.29. The highest BCUT2D eigenvalue weighted by atomic mass is 16.5. The minimum atomic E-state index is -0.0987. The third kappa shape index (κ3) is 2.74.